The van der Waals surface area contributed by atoms with Gasteiger partial charge in [-0.25, -0.2) is 0 Å². The van der Waals surface area contributed by atoms with Crippen molar-refractivity contribution in [2.45, 2.75) is 32.4 Å². The molecule has 2 unspecified atom stereocenters. The SMILES string of the molecule is CCC(NCC1CN(CC)CCO1)C(N)=NO. The van der Waals surface area contributed by atoms with E-state index in [9.17, 15) is 0 Å². The van der Waals surface area contributed by atoms with Gasteiger partial charge in [-0.2, -0.15) is 0 Å². The molecule has 0 saturated carbocycles. The molecule has 4 N–H and O–H groups in total. The number of likely N-dealkylation sites (N-methyl/N-ethyl adjacent to an activating group) is 1. The molecule has 0 aromatic carbocycles. The maximum absolute atomic E-state index is 8.64. The molecule has 0 spiro atoms. The van der Waals surface area contributed by atoms with Crippen molar-refractivity contribution >= 4 is 5.84 Å². The molecule has 0 radical (unpaired) electrons. The Labute approximate surface area is 103 Å². The van der Waals surface area contributed by atoms with E-state index < -0.39 is 0 Å². The molecule has 1 aliphatic rings. The number of morpholine rings is 1. The van der Waals surface area contributed by atoms with Crippen LogP contribution < -0.4 is 11.1 Å². The number of oxime groups is 1. The van der Waals surface area contributed by atoms with Crippen LogP contribution in [0.1, 0.15) is 20.3 Å². The molecule has 1 fully saturated rings. The van der Waals surface area contributed by atoms with Crippen LogP contribution in [0.25, 0.3) is 0 Å². The molecule has 1 aliphatic heterocycles. The Balaban J connectivity index is 2.33. The second-order valence-corrected chi connectivity index (χ2v) is 4.28. The molecule has 0 aliphatic carbocycles. The van der Waals surface area contributed by atoms with Crippen molar-refractivity contribution in [1.82, 2.24) is 10.2 Å². The molecular weight excluding hydrogens is 220 g/mol. The third-order valence-corrected chi connectivity index (χ3v) is 3.14. The lowest BCUT2D eigenvalue weighted by Crippen LogP contribution is -2.50. The largest absolute Gasteiger partial charge is 0.409 e. The van der Waals surface area contributed by atoms with E-state index in [0.29, 0.717) is 0 Å². The first-order chi connectivity index (χ1) is 8.21. The molecule has 17 heavy (non-hydrogen) atoms. The van der Waals surface area contributed by atoms with Crippen molar-refractivity contribution in [1.29, 1.82) is 0 Å². The number of ether oxygens (including phenoxy) is 1. The van der Waals surface area contributed by atoms with Gasteiger partial charge in [0.25, 0.3) is 0 Å². The normalized spacial score (nSPS) is 24.8. The Hall–Kier alpha value is -0.850. The molecule has 1 heterocycles. The number of nitrogens with two attached hydrogens (primary N) is 1. The van der Waals surface area contributed by atoms with E-state index in [-0.39, 0.29) is 18.0 Å². The third kappa shape index (κ3) is 4.49. The zero-order valence-electron chi connectivity index (χ0n) is 10.7. The molecule has 1 rings (SSSR count). The van der Waals surface area contributed by atoms with E-state index in [1.165, 1.54) is 0 Å². The van der Waals surface area contributed by atoms with E-state index in [2.05, 4.69) is 22.3 Å². The van der Waals surface area contributed by atoms with Gasteiger partial charge in [-0.1, -0.05) is 19.0 Å². The van der Waals surface area contributed by atoms with Gasteiger partial charge in [0.1, 0.15) is 0 Å². The number of nitrogens with one attached hydrogen (secondary N) is 1. The number of nitrogens with zero attached hydrogens (tertiary/aromatic N) is 2. The predicted molar refractivity (Wildman–Crippen MR) is 67.3 cm³/mol. The summed E-state index contributed by atoms with van der Waals surface area (Å²) < 4.78 is 5.67. The fourth-order valence-electron chi connectivity index (χ4n) is 1.99. The summed E-state index contributed by atoms with van der Waals surface area (Å²) in [6.45, 7) is 8.65. The summed E-state index contributed by atoms with van der Waals surface area (Å²) in [6, 6.07) is -0.0828. The minimum atomic E-state index is -0.0828. The highest BCUT2D eigenvalue weighted by atomic mass is 16.5. The van der Waals surface area contributed by atoms with Crippen molar-refractivity contribution in [3.63, 3.8) is 0 Å². The van der Waals surface area contributed by atoms with Gasteiger partial charge in [-0.3, -0.25) is 4.90 Å². The average Bonchev–Trinajstić information content (AvgIpc) is 2.39. The fraction of sp³-hybridized carbons (Fsp3) is 0.909. The van der Waals surface area contributed by atoms with E-state index in [4.69, 9.17) is 15.7 Å². The maximum Gasteiger partial charge on any atom is 0.156 e. The molecule has 0 aromatic rings. The van der Waals surface area contributed by atoms with Gasteiger partial charge in [0.15, 0.2) is 5.84 Å². The van der Waals surface area contributed by atoms with Crippen molar-refractivity contribution in [3.8, 4) is 0 Å². The smallest absolute Gasteiger partial charge is 0.156 e. The van der Waals surface area contributed by atoms with E-state index in [0.717, 1.165) is 39.2 Å². The quantitative estimate of drug-likeness (QED) is 0.261. The lowest BCUT2D eigenvalue weighted by Gasteiger charge is -2.32. The van der Waals surface area contributed by atoms with Gasteiger partial charge in [-0.05, 0) is 13.0 Å². The monoisotopic (exact) mass is 244 g/mol. The molecule has 0 bridgehead atoms. The second kappa shape index (κ2) is 7.47. The standard InChI is InChI=1S/C11H24N4O2/c1-3-10(11(12)14-16)13-7-9-8-15(4-2)5-6-17-9/h9-10,13,16H,3-8H2,1-2H3,(H2,12,14). The fourth-order valence-corrected chi connectivity index (χ4v) is 1.99. The van der Waals surface area contributed by atoms with Crippen LogP contribution in [-0.4, -0.2) is 60.9 Å². The molecule has 0 amide bonds. The van der Waals surface area contributed by atoms with Crippen molar-refractivity contribution in [2.24, 2.45) is 10.9 Å². The molecule has 1 saturated heterocycles. The zero-order valence-corrected chi connectivity index (χ0v) is 10.7. The van der Waals surface area contributed by atoms with E-state index in [1.54, 1.807) is 0 Å². The molecule has 2 atom stereocenters. The number of hydrogen-bond acceptors (Lipinski definition) is 5. The van der Waals surface area contributed by atoms with Crippen LogP contribution >= 0.6 is 0 Å². The lowest BCUT2D eigenvalue weighted by atomic mass is 10.2. The molecule has 6 heteroatoms. The zero-order chi connectivity index (χ0) is 12.7. The highest BCUT2D eigenvalue weighted by molar-refractivity contribution is 5.85. The molecule has 0 aromatic heterocycles. The van der Waals surface area contributed by atoms with Crippen LogP contribution in [0.2, 0.25) is 0 Å². The number of hydrogen-bond donors (Lipinski definition) is 3. The minimum absolute atomic E-state index is 0.0828. The number of rotatable bonds is 6. The van der Waals surface area contributed by atoms with Gasteiger partial charge in [0.2, 0.25) is 0 Å². The summed E-state index contributed by atoms with van der Waals surface area (Å²) >= 11 is 0. The van der Waals surface area contributed by atoms with Gasteiger partial charge >= 0.3 is 0 Å². The highest BCUT2D eigenvalue weighted by Crippen LogP contribution is 2.04. The first-order valence-corrected chi connectivity index (χ1v) is 6.26. The Kier molecular flexibility index (Phi) is 6.25. The lowest BCUT2D eigenvalue weighted by molar-refractivity contribution is -0.0257. The summed E-state index contributed by atoms with van der Waals surface area (Å²) in [5, 5.41) is 14.9. The van der Waals surface area contributed by atoms with Crippen LogP contribution in [0.15, 0.2) is 5.16 Å². The summed E-state index contributed by atoms with van der Waals surface area (Å²) in [6.07, 6.45) is 0.976. The predicted octanol–water partition coefficient (Wildman–Crippen LogP) is -0.178. The molecule has 100 valence electrons. The van der Waals surface area contributed by atoms with Crippen molar-refractivity contribution in [2.75, 3.05) is 32.8 Å². The summed E-state index contributed by atoms with van der Waals surface area (Å²) in [5.74, 6) is 0.232. The molecule has 6 nitrogen and oxygen atoms in total. The minimum Gasteiger partial charge on any atom is -0.409 e. The Morgan fingerprint density at radius 2 is 2.41 bits per heavy atom. The van der Waals surface area contributed by atoms with Crippen LogP contribution in [-0.2, 0) is 4.74 Å². The Bertz CT molecular complexity index is 248. The van der Waals surface area contributed by atoms with Gasteiger partial charge in [0, 0.05) is 19.6 Å². The van der Waals surface area contributed by atoms with E-state index in [1.807, 2.05) is 6.92 Å². The highest BCUT2D eigenvalue weighted by Gasteiger charge is 2.20. The first-order valence-electron chi connectivity index (χ1n) is 6.26. The van der Waals surface area contributed by atoms with Crippen LogP contribution in [0.4, 0.5) is 0 Å². The topological polar surface area (TPSA) is 83.1 Å². The maximum atomic E-state index is 8.64. The molecular formula is C11H24N4O2. The van der Waals surface area contributed by atoms with Gasteiger partial charge in [-0.15, -0.1) is 0 Å². The first kappa shape index (κ1) is 14.2. The van der Waals surface area contributed by atoms with Crippen molar-refractivity contribution < 1.29 is 9.94 Å². The third-order valence-electron chi connectivity index (χ3n) is 3.14. The van der Waals surface area contributed by atoms with Crippen molar-refractivity contribution in [3.05, 3.63) is 0 Å². The Morgan fingerprint density at radius 3 is 3.00 bits per heavy atom. The van der Waals surface area contributed by atoms with E-state index >= 15 is 0 Å². The summed E-state index contributed by atoms with van der Waals surface area (Å²) in [4.78, 5) is 2.36. The van der Waals surface area contributed by atoms with Gasteiger partial charge < -0.3 is 21.0 Å². The summed E-state index contributed by atoms with van der Waals surface area (Å²) in [7, 11) is 0. The van der Waals surface area contributed by atoms with Crippen LogP contribution in [0.5, 0.6) is 0 Å². The van der Waals surface area contributed by atoms with Gasteiger partial charge in [0.05, 0.1) is 18.8 Å². The number of amidine groups is 1. The second-order valence-electron chi connectivity index (χ2n) is 4.28. The average molecular weight is 244 g/mol. The Morgan fingerprint density at radius 1 is 1.65 bits per heavy atom. The van der Waals surface area contributed by atoms with Crippen LogP contribution in [0, 0.1) is 0 Å². The van der Waals surface area contributed by atoms with Crippen LogP contribution in [0.3, 0.4) is 0 Å². The summed E-state index contributed by atoms with van der Waals surface area (Å²) in [5.41, 5.74) is 5.58.